The molecule has 0 radical (unpaired) electrons. The Morgan fingerprint density at radius 3 is 2.13 bits per heavy atom. The second-order valence-corrected chi connectivity index (χ2v) is 5.08. The first-order chi connectivity index (χ1) is 7.07. The van der Waals surface area contributed by atoms with Crippen LogP contribution in [-0.2, 0) is 4.74 Å². The van der Waals surface area contributed by atoms with Crippen molar-refractivity contribution in [1.29, 1.82) is 0 Å². The second-order valence-electron chi connectivity index (χ2n) is 5.08. The normalized spacial score (nSPS) is 13.8. The number of ether oxygens (including phenoxy) is 1. The van der Waals surface area contributed by atoms with E-state index in [0.717, 1.165) is 19.1 Å². The molecule has 0 heterocycles. The SMILES string of the molecule is CNC(CCCOCCC(C)C)C(C)C. The molecule has 0 saturated heterocycles. The summed E-state index contributed by atoms with van der Waals surface area (Å²) in [5.74, 6) is 1.47. The van der Waals surface area contributed by atoms with Crippen molar-refractivity contribution < 1.29 is 4.74 Å². The molecule has 2 heteroatoms. The van der Waals surface area contributed by atoms with Crippen LogP contribution in [-0.4, -0.2) is 26.3 Å². The van der Waals surface area contributed by atoms with Crippen LogP contribution in [0, 0.1) is 11.8 Å². The Balaban J connectivity index is 3.29. The van der Waals surface area contributed by atoms with Crippen LogP contribution < -0.4 is 5.32 Å². The first-order valence-electron chi connectivity index (χ1n) is 6.33. The van der Waals surface area contributed by atoms with Gasteiger partial charge >= 0.3 is 0 Å². The van der Waals surface area contributed by atoms with Gasteiger partial charge in [0, 0.05) is 19.3 Å². The molecule has 0 amide bonds. The minimum Gasteiger partial charge on any atom is -0.381 e. The van der Waals surface area contributed by atoms with Gasteiger partial charge in [-0.2, -0.15) is 0 Å². The lowest BCUT2D eigenvalue weighted by Gasteiger charge is -2.19. The predicted molar refractivity (Wildman–Crippen MR) is 67.2 cm³/mol. The van der Waals surface area contributed by atoms with Crippen molar-refractivity contribution in [2.45, 2.75) is 53.0 Å². The lowest BCUT2D eigenvalue weighted by Crippen LogP contribution is -2.30. The summed E-state index contributed by atoms with van der Waals surface area (Å²) in [4.78, 5) is 0. The Kier molecular flexibility index (Phi) is 9.12. The molecule has 1 unspecified atom stereocenters. The summed E-state index contributed by atoms with van der Waals surface area (Å²) >= 11 is 0. The van der Waals surface area contributed by atoms with Gasteiger partial charge in [0.25, 0.3) is 0 Å². The third-order valence-corrected chi connectivity index (χ3v) is 2.82. The molecule has 0 fully saturated rings. The lowest BCUT2D eigenvalue weighted by atomic mass is 10.00. The standard InChI is InChI=1S/C13H29NO/c1-11(2)8-10-15-9-6-7-13(14-5)12(3)4/h11-14H,6-10H2,1-5H3. The molecule has 0 aliphatic heterocycles. The third kappa shape index (κ3) is 8.88. The number of nitrogens with one attached hydrogen (secondary N) is 1. The van der Waals surface area contributed by atoms with Crippen LogP contribution in [0.25, 0.3) is 0 Å². The van der Waals surface area contributed by atoms with Gasteiger partial charge in [0.15, 0.2) is 0 Å². The Bertz CT molecular complexity index is 134. The molecule has 0 rings (SSSR count). The van der Waals surface area contributed by atoms with Crippen LogP contribution in [0.2, 0.25) is 0 Å². The molecule has 1 N–H and O–H groups in total. The largest absolute Gasteiger partial charge is 0.381 e. The molecular weight excluding hydrogens is 186 g/mol. The molecule has 0 aliphatic rings. The van der Waals surface area contributed by atoms with Crippen molar-refractivity contribution in [1.82, 2.24) is 5.32 Å². The van der Waals surface area contributed by atoms with E-state index in [-0.39, 0.29) is 0 Å². The van der Waals surface area contributed by atoms with Gasteiger partial charge in [-0.3, -0.25) is 0 Å². The van der Waals surface area contributed by atoms with Crippen molar-refractivity contribution in [3.05, 3.63) is 0 Å². The van der Waals surface area contributed by atoms with E-state index in [2.05, 4.69) is 33.0 Å². The van der Waals surface area contributed by atoms with Gasteiger partial charge in [0.1, 0.15) is 0 Å². The Hall–Kier alpha value is -0.0800. The number of hydrogen-bond acceptors (Lipinski definition) is 2. The molecule has 0 aromatic carbocycles. The summed E-state index contributed by atoms with van der Waals surface area (Å²) in [7, 11) is 2.05. The van der Waals surface area contributed by atoms with Crippen LogP contribution in [0.5, 0.6) is 0 Å². The minimum absolute atomic E-state index is 0.638. The molecule has 0 aromatic rings. The van der Waals surface area contributed by atoms with E-state index < -0.39 is 0 Å². The topological polar surface area (TPSA) is 21.3 Å². The average Bonchev–Trinajstić information content (AvgIpc) is 2.15. The first-order valence-corrected chi connectivity index (χ1v) is 6.33. The monoisotopic (exact) mass is 215 g/mol. The fourth-order valence-corrected chi connectivity index (χ4v) is 1.64. The van der Waals surface area contributed by atoms with E-state index in [9.17, 15) is 0 Å². The molecule has 92 valence electrons. The van der Waals surface area contributed by atoms with Crippen LogP contribution >= 0.6 is 0 Å². The maximum absolute atomic E-state index is 5.59. The summed E-state index contributed by atoms with van der Waals surface area (Å²) < 4.78 is 5.59. The highest BCUT2D eigenvalue weighted by Gasteiger charge is 2.09. The average molecular weight is 215 g/mol. The summed E-state index contributed by atoms with van der Waals surface area (Å²) in [6.45, 7) is 10.8. The molecule has 0 saturated carbocycles. The Morgan fingerprint density at radius 2 is 1.67 bits per heavy atom. The van der Waals surface area contributed by atoms with Crippen LogP contribution in [0.1, 0.15) is 47.0 Å². The number of rotatable bonds is 9. The van der Waals surface area contributed by atoms with Crippen molar-refractivity contribution in [2.75, 3.05) is 20.3 Å². The highest BCUT2D eigenvalue weighted by molar-refractivity contribution is 4.67. The molecule has 0 aliphatic carbocycles. The van der Waals surface area contributed by atoms with Crippen molar-refractivity contribution in [2.24, 2.45) is 11.8 Å². The van der Waals surface area contributed by atoms with E-state index in [1.54, 1.807) is 0 Å². The molecule has 2 nitrogen and oxygen atoms in total. The quantitative estimate of drug-likeness (QED) is 0.597. The van der Waals surface area contributed by atoms with Crippen molar-refractivity contribution >= 4 is 0 Å². The Morgan fingerprint density at radius 1 is 1.00 bits per heavy atom. The van der Waals surface area contributed by atoms with E-state index in [4.69, 9.17) is 4.74 Å². The third-order valence-electron chi connectivity index (χ3n) is 2.82. The molecule has 1 atom stereocenters. The van der Waals surface area contributed by atoms with Gasteiger partial charge < -0.3 is 10.1 Å². The fraction of sp³-hybridized carbons (Fsp3) is 1.00. The van der Waals surface area contributed by atoms with E-state index in [0.29, 0.717) is 12.0 Å². The molecule has 0 aromatic heterocycles. The summed E-state index contributed by atoms with van der Waals surface area (Å²) in [6.07, 6.45) is 3.57. The Labute approximate surface area is 95.8 Å². The zero-order valence-electron chi connectivity index (χ0n) is 11.2. The molecule has 0 bridgehead atoms. The zero-order valence-corrected chi connectivity index (χ0v) is 11.2. The van der Waals surface area contributed by atoms with Gasteiger partial charge in [-0.15, -0.1) is 0 Å². The van der Waals surface area contributed by atoms with Gasteiger partial charge in [-0.25, -0.2) is 0 Å². The van der Waals surface area contributed by atoms with Gasteiger partial charge in [0.05, 0.1) is 0 Å². The first kappa shape index (κ1) is 14.9. The maximum atomic E-state index is 5.59. The van der Waals surface area contributed by atoms with E-state index in [1.807, 2.05) is 7.05 Å². The maximum Gasteiger partial charge on any atom is 0.0468 e. The highest BCUT2D eigenvalue weighted by Crippen LogP contribution is 2.08. The van der Waals surface area contributed by atoms with Gasteiger partial charge in [-0.1, -0.05) is 27.7 Å². The van der Waals surface area contributed by atoms with Gasteiger partial charge in [-0.05, 0) is 38.1 Å². The minimum atomic E-state index is 0.638. The van der Waals surface area contributed by atoms with Crippen LogP contribution in [0.15, 0.2) is 0 Å². The van der Waals surface area contributed by atoms with Crippen LogP contribution in [0.4, 0.5) is 0 Å². The van der Waals surface area contributed by atoms with E-state index in [1.165, 1.54) is 19.3 Å². The molecule has 15 heavy (non-hydrogen) atoms. The number of hydrogen-bond donors (Lipinski definition) is 1. The van der Waals surface area contributed by atoms with Crippen LogP contribution in [0.3, 0.4) is 0 Å². The lowest BCUT2D eigenvalue weighted by molar-refractivity contribution is 0.117. The zero-order chi connectivity index (χ0) is 11.7. The van der Waals surface area contributed by atoms with Gasteiger partial charge in [0.2, 0.25) is 0 Å². The van der Waals surface area contributed by atoms with E-state index >= 15 is 0 Å². The molecular formula is C13H29NO. The highest BCUT2D eigenvalue weighted by atomic mass is 16.5. The summed E-state index contributed by atoms with van der Waals surface area (Å²) in [6, 6.07) is 0.638. The van der Waals surface area contributed by atoms with Crippen molar-refractivity contribution in [3.8, 4) is 0 Å². The summed E-state index contributed by atoms with van der Waals surface area (Å²) in [5, 5.41) is 3.36. The predicted octanol–water partition coefficient (Wildman–Crippen LogP) is 3.07. The smallest absolute Gasteiger partial charge is 0.0468 e. The second kappa shape index (κ2) is 9.17. The fourth-order valence-electron chi connectivity index (χ4n) is 1.64. The molecule has 0 spiro atoms. The summed E-state index contributed by atoms with van der Waals surface area (Å²) in [5.41, 5.74) is 0. The van der Waals surface area contributed by atoms with Crippen molar-refractivity contribution in [3.63, 3.8) is 0 Å².